The van der Waals surface area contributed by atoms with Gasteiger partial charge in [0.2, 0.25) is 11.8 Å². The summed E-state index contributed by atoms with van der Waals surface area (Å²) in [5.74, 6) is 0.918. The van der Waals surface area contributed by atoms with E-state index in [0.29, 0.717) is 43.3 Å². The van der Waals surface area contributed by atoms with E-state index in [-0.39, 0.29) is 49.3 Å². The minimum atomic E-state index is -0.467. The van der Waals surface area contributed by atoms with Crippen LogP contribution in [-0.4, -0.2) is 66.1 Å². The summed E-state index contributed by atoms with van der Waals surface area (Å²) in [5, 5.41) is 5.91. The third-order valence-electron chi connectivity index (χ3n) is 7.36. The Morgan fingerprint density at radius 1 is 0.976 bits per heavy atom. The molecule has 1 aromatic heterocycles. The number of aryl methyl sites for hydroxylation is 2. The molecule has 4 bridgehead atoms. The SMILES string of the molecule is COc1ccc2cc1OCC(=O)NCc1ccc(cc1)O[C@H]1CN(C(=O)CCn3ccccc3=O)C[C@@H]1NC(=O)CC2. The molecule has 0 aliphatic carbocycles. The van der Waals surface area contributed by atoms with Crippen molar-refractivity contribution in [3.63, 3.8) is 0 Å². The van der Waals surface area contributed by atoms with E-state index in [2.05, 4.69) is 10.6 Å². The van der Waals surface area contributed by atoms with E-state index in [9.17, 15) is 19.2 Å². The van der Waals surface area contributed by atoms with Gasteiger partial charge in [0, 0.05) is 44.7 Å². The highest BCUT2D eigenvalue weighted by Gasteiger charge is 2.37. The number of hydrogen-bond acceptors (Lipinski definition) is 7. The van der Waals surface area contributed by atoms with Crippen LogP contribution in [0.2, 0.25) is 0 Å². The summed E-state index contributed by atoms with van der Waals surface area (Å²) in [6.07, 6.45) is 1.98. The second kappa shape index (κ2) is 13.2. The lowest BCUT2D eigenvalue weighted by Crippen LogP contribution is -2.45. The van der Waals surface area contributed by atoms with E-state index in [4.69, 9.17) is 14.2 Å². The Hall–Kier alpha value is -4.80. The van der Waals surface area contributed by atoms with Gasteiger partial charge in [-0.3, -0.25) is 19.2 Å². The molecule has 42 heavy (non-hydrogen) atoms. The summed E-state index contributed by atoms with van der Waals surface area (Å²) in [4.78, 5) is 52.3. The Labute approximate surface area is 243 Å². The number of amides is 3. The molecular formula is C31H34N4O7. The highest BCUT2D eigenvalue weighted by Crippen LogP contribution is 2.29. The molecule has 11 heteroatoms. The lowest BCUT2D eigenvalue weighted by molar-refractivity contribution is -0.131. The molecule has 0 spiro atoms. The average molecular weight is 575 g/mol. The Kier molecular flexibility index (Phi) is 9.05. The van der Waals surface area contributed by atoms with Crippen LogP contribution < -0.4 is 30.4 Å². The molecular weight excluding hydrogens is 540 g/mol. The molecule has 11 nitrogen and oxygen atoms in total. The van der Waals surface area contributed by atoms with Gasteiger partial charge in [-0.15, -0.1) is 0 Å². The minimum absolute atomic E-state index is 0.123. The fourth-order valence-electron chi connectivity index (χ4n) is 5.04. The number of carbonyl (C=O) groups is 3. The quantitative estimate of drug-likeness (QED) is 0.485. The van der Waals surface area contributed by atoms with E-state index in [1.54, 1.807) is 47.5 Å². The van der Waals surface area contributed by atoms with Crippen molar-refractivity contribution in [1.82, 2.24) is 20.1 Å². The lowest BCUT2D eigenvalue weighted by Gasteiger charge is -2.21. The third kappa shape index (κ3) is 7.28. The molecule has 2 atom stereocenters. The van der Waals surface area contributed by atoms with Gasteiger partial charge < -0.3 is 34.3 Å². The number of methoxy groups -OCH3 is 1. The van der Waals surface area contributed by atoms with Crippen molar-refractivity contribution in [3.8, 4) is 17.2 Å². The summed E-state index contributed by atoms with van der Waals surface area (Å²) in [6.45, 7) is 0.994. The zero-order valence-corrected chi connectivity index (χ0v) is 23.4. The first-order valence-electron chi connectivity index (χ1n) is 13.9. The zero-order chi connectivity index (χ0) is 29.5. The fraction of sp³-hybridized carbons (Fsp3) is 0.355. The number of rotatable bonds is 4. The van der Waals surface area contributed by atoms with Gasteiger partial charge in [0.1, 0.15) is 11.9 Å². The molecule has 1 saturated heterocycles. The van der Waals surface area contributed by atoms with Crippen LogP contribution in [0, 0.1) is 0 Å². The maximum absolute atomic E-state index is 13.1. The van der Waals surface area contributed by atoms with Crippen LogP contribution >= 0.6 is 0 Å². The Balaban J connectivity index is 1.32. The maximum Gasteiger partial charge on any atom is 0.258 e. The molecule has 2 N–H and O–H groups in total. The molecule has 220 valence electrons. The number of aromatic nitrogens is 1. The number of fused-ring (bicyclic) bond motifs is 9. The van der Waals surface area contributed by atoms with Crippen molar-refractivity contribution in [1.29, 1.82) is 0 Å². The zero-order valence-electron chi connectivity index (χ0n) is 23.4. The predicted molar refractivity (Wildman–Crippen MR) is 153 cm³/mol. The summed E-state index contributed by atoms with van der Waals surface area (Å²) < 4.78 is 18.9. The number of ether oxygens (including phenoxy) is 3. The largest absolute Gasteiger partial charge is 0.493 e. The van der Waals surface area contributed by atoms with Crippen molar-refractivity contribution < 1.29 is 28.6 Å². The van der Waals surface area contributed by atoms with Crippen LogP contribution in [-0.2, 0) is 33.9 Å². The minimum Gasteiger partial charge on any atom is -0.493 e. The van der Waals surface area contributed by atoms with Gasteiger partial charge in [0.15, 0.2) is 18.1 Å². The van der Waals surface area contributed by atoms with Crippen LogP contribution in [0.5, 0.6) is 17.2 Å². The summed E-state index contributed by atoms with van der Waals surface area (Å²) in [7, 11) is 1.52. The Morgan fingerprint density at radius 3 is 2.57 bits per heavy atom. The molecule has 6 rings (SSSR count). The van der Waals surface area contributed by atoms with Crippen molar-refractivity contribution in [2.45, 2.75) is 44.5 Å². The Bertz CT molecular complexity index is 1490. The maximum atomic E-state index is 13.1. The monoisotopic (exact) mass is 574 g/mol. The van der Waals surface area contributed by atoms with Gasteiger partial charge in [0.05, 0.1) is 19.7 Å². The normalized spacial score (nSPS) is 19.2. The molecule has 0 radical (unpaired) electrons. The number of likely N-dealkylation sites (tertiary alicyclic amines) is 1. The van der Waals surface area contributed by atoms with E-state index in [0.717, 1.165) is 11.1 Å². The van der Waals surface area contributed by atoms with E-state index in [1.165, 1.54) is 17.7 Å². The topological polar surface area (TPSA) is 128 Å². The molecule has 3 aliphatic heterocycles. The molecule has 3 amide bonds. The predicted octanol–water partition coefficient (Wildman–Crippen LogP) is 1.66. The van der Waals surface area contributed by atoms with Crippen molar-refractivity contribution >= 4 is 17.7 Å². The van der Waals surface area contributed by atoms with Gasteiger partial charge >= 0.3 is 0 Å². The van der Waals surface area contributed by atoms with Gasteiger partial charge in [-0.1, -0.05) is 24.3 Å². The number of carbonyl (C=O) groups excluding carboxylic acids is 3. The first-order chi connectivity index (χ1) is 20.4. The van der Waals surface area contributed by atoms with Crippen molar-refractivity contribution in [2.75, 3.05) is 26.8 Å². The summed E-state index contributed by atoms with van der Waals surface area (Å²) in [5.41, 5.74) is 1.56. The summed E-state index contributed by atoms with van der Waals surface area (Å²) in [6, 6.07) is 17.1. The molecule has 3 aliphatic rings. The van der Waals surface area contributed by atoms with E-state index < -0.39 is 12.1 Å². The number of pyridine rings is 1. The number of hydrogen-bond donors (Lipinski definition) is 2. The van der Waals surface area contributed by atoms with Gasteiger partial charge in [-0.05, 0) is 47.9 Å². The first kappa shape index (κ1) is 28.7. The highest BCUT2D eigenvalue weighted by molar-refractivity contribution is 5.79. The van der Waals surface area contributed by atoms with E-state index in [1.807, 2.05) is 18.2 Å². The number of benzene rings is 2. The first-order valence-corrected chi connectivity index (χ1v) is 13.9. The molecule has 0 saturated carbocycles. The third-order valence-corrected chi connectivity index (χ3v) is 7.36. The van der Waals surface area contributed by atoms with E-state index >= 15 is 0 Å². The lowest BCUT2D eigenvalue weighted by atomic mass is 10.1. The van der Waals surface area contributed by atoms with Crippen LogP contribution in [0.3, 0.4) is 0 Å². The molecule has 0 unspecified atom stereocenters. The molecule has 1 fully saturated rings. The van der Waals surface area contributed by atoms with Crippen LogP contribution in [0.1, 0.15) is 24.0 Å². The van der Waals surface area contributed by atoms with Crippen LogP contribution in [0.15, 0.2) is 71.7 Å². The van der Waals surface area contributed by atoms with Gasteiger partial charge in [0.25, 0.3) is 11.5 Å². The number of nitrogens with zero attached hydrogens (tertiary/aromatic N) is 2. The molecule has 2 aromatic carbocycles. The Morgan fingerprint density at radius 2 is 1.79 bits per heavy atom. The van der Waals surface area contributed by atoms with Crippen molar-refractivity contribution in [3.05, 3.63) is 88.3 Å². The standard InChI is InChI=1S/C31H34N4O7/c1-40-25-11-7-21-8-12-28(36)33-24-18-35(31(39)13-15-34-14-3-2-4-30(34)38)19-27(24)42-23-9-5-22(6-10-23)17-32-29(37)20-41-26(25)16-21/h2-7,9-11,14,16,24,27H,8,12-13,15,17-20H2,1H3,(H,32,37)(H,33,36)/t24-,27-/m0/s1. The van der Waals surface area contributed by atoms with Gasteiger partial charge in [-0.2, -0.15) is 0 Å². The molecule has 3 aromatic rings. The van der Waals surface area contributed by atoms with Crippen LogP contribution in [0.25, 0.3) is 0 Å². The van der Waals surface area contributed by atoms with Crippen molar-refractivity contribution in [2.24, 2.45) is 0 Å². The summed E-state index contributed by atoms with van der Waals surface area (Å²) >= 11 is 0. The smallest absolute Gasteiger partial charge is 0.258 e. The highest BCUT2D eigenvalue weighted by atomic mass is 16.5. The average Bonchev–Trinajstić information content (AvgIpc) is 3.39. The fourth-order valence-corrected chi connectivity index (χ4v) is 5.04. The molecule has 4 heterocycles. The second-order valence-electron chi connectivity index (χ2n) is 10.3. The number of nitrogens with one attached hydrogen (secondary N) is 2. The second-order valence-corrected chi connectivity index (χ2v) is 10.3. The van der Waals surface area contributed by atoms with Gasteiger partial charge in [-0.25, -0.2) is 0 Å². The van der Waals surface area contributed by atoms with Crippen LogP contribution in [0.4, 0.5) is 0 Å².